The van der Waals surface area contributed by atoms with Crippen LogP contribution in [0.15, 0.2) is 0 Å². The molecule has 56 valence electrons. The summed E-state index contributed by atoms with van der Waals surface area (Å²) >= 11 is 5.14. The van der Waals surface area contributed by atoms with Gasteiger partial charge in [-0.1, -0.05) is 0 Å². The lowest BCUT2D eigenvalue weighted by atomic mass is 15.7. The third-order valence-corrected chi connectivity index (χ3v) is 5.70. The van der Waals surface area contributed by atoms with E-state index in [0.717, 1.165) is 0 Å². The Kier molecular flexibility index (Phi) is 3.88. The van der Waals surface area contributed by atoms with Crippen LogP contribution in [0.1, 0.15) is 0 Å². The first kappa shape index (κ1) is 9.55. The van der Waals surface area contributed by atoms with Crippen molar-refractivity contribution in [2.45, 2.75) is 0 Å². The van der Waals surface area contributed by atoms with Crippen LogP contribution >= 0.6 is 11.1 Å². The SMILES string of the molecule is O=S(=O)(O)O[SiH](Cl)O[SiH3]. The van der Waals surface area contributed by atoms with Crippen LogP contribution in [-0.2, 0) is 18.4 Å². The van der Waals surface area contributed by atoms with E-state index in [1.807, 2.05) is 0 Å². The first-order valence-electron chi connectivity index (χ1n) is 1.78. The van der Waals surface area contributed by atoms with Crippen molar-refractivity contribution in [3.05, 3.63) is 0 Å². The summed E-state index contributed by atoms with van der Waals surface area (Å²) in [6.45, 7) is 0. The smallest absolute Gasteiger partial charge is 0.434 e. The highest BCUT2D eigenvalue weighted by Crippen LogP contribution is 1.96. The Hall–Kier alpha value is 0.554. The zero-order valence-electron chi connectivity index (χ0n) is 4.44. The highest BCUT2D eigenvalue weighted by molar-refractivity contribution is 7.82. The number of hydrogen-bond donors (Lipinski definition) is 1. The van der Waals surface area contributed by atoms with Gasteiger partial charge in [0.1, 0.15) is 10.5 Å². The Morgan fingerprint density at radius 2 is 2.11 bits per heavy atom. The molecule has 0 aromatic carbocycles. The lowest BCUT2D eigenvalue weighted by Gasteiger charge is -2.01. The van der Waals surface area contributed by atoms with Crippen molar-refractivity contribution in [2.75, 3.05) is 0 Å². The summed E-state index contributed by atoms with van der Waals surface area (Å²) in [4.78, 5) is 0. The van der Waals surface area contributed by atoms with Crippen LogP contribution in [-0.4, -0.2) is 32.1 Å². The second-order valence-electron chi connectivity index (χ2n) is 1.03. The van der Waals surface area contributed by atoms with Gasteiger partial charge < -0.3 is 4.12 Å². The molecule has 0 aromatic heterocycles. The summed E-state index contributed by atoms with van der Waals surface area (Å²) in [5.74, 6) is 0. The maximum Gasteiger partial charge on any atom is 0.434 e. The molecule has 0 aliphatic rings. The molecule has 0 bridgehead atoms. The molecule has 0 heterocycles. The van der Waals surface area contributed by atoms with Crippen LogP contribution in [0.3, 0.4) is 0 Å². The molecule has 0 spiro atoms. The van der Waals surface area contributed by atoms with Gasteiger partial charge in [-0.15, -0.1) is 11.1 Å². The minimum Gasteiger partial charge on any atom is -0.435 e. The van der Waals surface area contributed by atoms with E-state index >= 15 is 0 Å². The molecule has 0 saturated heterocycles. The summed E-state index contributed by atoms with van der Waals surface area (Å²) in [7, 11) is -6.72. The molecule has 0 radical (unpaired) electrons. The van der Waals surface area contributed by atoms with E-state index in [1.165, 1.54) is 0 Å². The Balaban J connectivity index is 3.75. The highest BCUT2D eigenvalue weighted by atomic mass is 35.6. The van der Waals surface area contributed by atoms with Gasteiger partial charge in [0, 0.05) is 0 Å². The molecule has 0 rings (SSSR count). The van der Waals surface area contributed by atoms with E-state index in [4.69, 9.17) is 15.6 Å². The van der Waals surface area contributed by atoms with Gasteiger partial charge >= 0.3 is 19.0 Å². The molecule has 9 heavy (non-hydrogen) atoms. The minimum absolute atomic E-state index is 0.295. The Labute approximate surface area is 62.0 Å². The Bertz CT molecular complexity index is 162. The van der Waals surface area contributed by atoms with Gasteiger partial charge in [-0.2, -0.15) is 8.42 Å². The monoisotopic (exact) mass is 208 g/mol. The predicted octanol–water partition coefficient (Wildman–Crippen LogP) is -1.94. The lowest BCUT2D eigenvalue weighted by molar-refractivity contribution is 0.369. The summed E-state index contributed by atoms with van der Waals surface area (Å²) in [5, 5.41) is 0. The van der Waals surface area contributed by atoms with Gasteiger partial charge in [0.05, 0.1) is 0 Å². The minimum atomic E-state index is -4.41. The van der Waals surface area contributed by atoms with Gasteiger partial charge in [0.25, 0.3) is 0 Å². The molecule has 0 amide bonds. The molecule has 1 atom stereocenters. The fraction of sp³-hybridized carbons (Fsp3) is 0. The molecule has 0 aliphatic heterocycles. The van der Waals surface area contributed by atoms with Gasteiger partial charge in [0.2, 0.25) is 0 Å². The molecule has 0 fully saturated rings. The quantitative estimate of drug-likeness (QED) is 0.332. The highest BCUT2D eigenvalue weighted by Gasteiger charge is 2.14. The van der Waals surface area contributed by atoms with Crippen molar-refractivity contribution < 1.29 is 21.0 Å². The molecule has 1 unspecified atom stereocenters. The van der Waals surface area contributed by atoms with Crippen LogP contribution in [0.25, 0.3) is 0 Å². The molecule has 0 aromatic rings. The fourth-order valence-corrected chi connectivity index (χ4v) is 2.75. The largest absolute Gasteiger partial charge is 0.435 e. The van der Waals surface area contributed by atoms with E-state index in [1.54, 1.807) is 0 Å². The van der Waals surface area contributed by atoms with Crippen LogP contribution in [0.5, 0.6) is 0 Å². The van der Waals surface area contributed by atoms with Gasteiger partial charge in [-0.3, -0.25) is 8.42 Å². The first-order valence-corrected chi connectivity index (χ1v) is 6.65. The van der Waals surface area contributed by atoms with Crippen LogP contribution in [0.2, 0.25) is 0 Å². The molecule has 1 N–H and O–H groups in total. The standard InChI is InChI=1S/ClH5O5SSi2/c1-9(6-8)5-7(2,3)4/h9H,8H3,(H,2,3,4). The molecule has 0 saturated carbocycles. The van der Waals surface area contributed by atoms with Crippen LogP contribution < -0.4 is 0 Å². The van der Waals surface area contributed by atoms with Crippen molar-refractivity contribution in [3.8, 4) is 0 Å². The number of halogens is 1. The third kappa shape index (κ3) is 6.44. The first-order chi connectivity index (χ1) is 3.95. The second-order valence-corrected chi connectivity index (χ2v) is 6.16. The predicted molar refractivity (Wildman–Crippen MR) is 36.7 cm³/mol. The van der Waals surface area contributed by atoms with E-state index in [0.29, 0.717) is 10.5 Å². The number of hydrogen-bond acceptors (Lipinski definition) is 4. The van der Waals surface area contributed by atoms with E-state index in [-0.39, 0.29) is 0 Å². The van der Waals surface area contributed by atoms with Crippen LogP contribution in [0, 0.1) is 0 Å². The van der Waals surface area contributed by atoms with Crippen molar-refractivity contribution in [2.24, 2.45) is 0 Å². The third-order valence-electron chi connectivity index (χ3n) is 0.383. The van der Waals surface area contributed by atoms with Gasteiger partial charge in [-0.05, 0) is 0 Å². The zero-order chi connectivity index (χ0) is 7.49. The van der Waals surface area contributed by atoms with Crippen molar-refractivity contribution >= 4 is 40.6 Å². The summed E-state index contributed by atoms with van der Waals surface area (Å²) < 4.78 is 35.8. The Morgan fingerprint density at radius 1 is 1.67 bits per heavy atom. The Morgan fingerprint density at radius 3 is 2.22 bits per heavy atom. The van der Waals surface area contributed by atoms with Crippen molar-refractivity contribution in [3.63, 3.8) is 0 Å². The topological polar surface area (TPSA) is 72.8 Å². The normalized spacial score (nSPS) is 15.8. The van der Waals surface area contributed by atoms with Gasteiger partial charge in [0.15, 0.2) is 0 Å². The van der Waals surface area contributed by atoms with Crippen molar-refractivity contribution in [1.29, 1.82) is 0 Å². The molecular weight excluding hydrogens is 204 g/mol. The summed E-state index contributed by atoms with van der Waals surface area (Å²) in [6.07, 6.45) is 0. The summed E-state index contributed by atoms with van der Waals surface area (Å²) in [5.41, 5.74) is 0. The zero-order valence-corrected chi connectivity index (χ0v) is 9.17. The van der Waals surface area contributed by atoms with E-state index < -0.39 is 19.0 Å². The molecule has 9 heteroatoms. The maximum atomic E-state index is 9.82. The fourth-order valence-electron chi connectivity index (χ4n) is 0.135. The molecule has 5 nitrogen and oxygen atoms in total. The van der Waals surface area contributed by atoms with Crippen LogP contribution in [0.4, 0.5) is 0 Å². The van der Waals surface area contributed by atoms with E-state index in [2.05, 4.69) is 7.99 Å². The summed E-state index contributed by atoms with van der Waals surface area (Å²) in [6, 6.07) is 0. The number of rotatable bonds is 3. The molecular formula is H5ClO5SSi2. The van der Waals surface area contributed by atoms with Gasteiger partial charge in [-0.25, -0.2) is 0 Å². The lowest BCUT2D eigenvalue weighted by Crippen LogP contribution is -2.18. The average Bonchev–Trinajstić information content (AvgIpc) is 1.62. The average molecular weight is 209 g/mol. The van der Waals surface area contributed by atoms with Crippen molar-refractivity contribution in [1.82, 2.24) is 0 Å². The maximum absolute atomic E-state index is 9.82. The molecule has 0 aliphatic carbocycles. The second kappa shape index (κ2) is 3.66. The van der Waals surface area contributed by atoms with E-state index in [9.17, 15) is 8.42 Å².